The highest BCUT2D eigenvalue weighted by Crippen LogP contribution is 2.29. The molecule has 0 N–H and O–H groups in total. The van der Waals surface area contributed by atoms with Crippen molar-refractivity contribution in [2.24, 2.45) is 0 Å². The minimum atomic E-state index is -3.25. The van der Waals surface area contributed by atoms with Gasteiger partial charge >= 0.3 is 13.2 Å². The Morgan fingerprint density at radius 3 is 2.35 bits per heavy atom. The maximum atomic E-state index is 12.5. The van der Waals surface area contributed by atoms with Crippen molar-refractivity contribution >= 4 is 35.1 Å². The maximum Gasteiger partial charge on any atom is 0.387 e. The van der Waals surface area contributed by atoms with Gasteiger partial charge in [0.15, 0.2) is 5.78 Å². The molecule has 0 heterocycles. The Balaban J connectivity index is 2.31. The molecule has 0 saturated heterocycles. The van der Waals surface area contributed by atoms with Gasteiger partial charge in [-0.2, -0.15) is 17.6 Å². The summed E-state index contributed by atoms with van der Waals surface area (Å²) in [4.78, 5) is 12.3. The van der Waals surface area contributed by atoms with Gasteiger partial charge in [-0.1, -0.05) is 35.3 Å². The monoisotopic (exact) mass is 408 g/mol. The van der Waals surface area contributed by atoms with Crippen LogP contribution in [0.15, 0.2) is 42.5 Å². The van der Waals surface area contributed by atoms with Crippen molar-refractivity contribution in [3.63, 3.8) is 0 Å². The summed E-state index contributed by atoms with van der Waals surface area (Å²) in [5.74, 6) is -1.72. The predicted molar refractivity (Wildman–Crippen MR) is 89.5 cm³/mol. The fraction of sp³-hybridized carbons (Fsp3) is 0.118. The molecular weight excluding hydrogens is 399 g/mol. The third kappa shape index (κ3) is 5.37. The van der Waals surface area contributed by atoms with Gasteiger partial charge in [-0.3, -0.25) is 4.79 Å². The summed E-state index contributed by atoms with van der Waals surface area (Å²) in [5.41, 5.74) is 0.169. The van der Waals surface area contributed by atoms with Crippen molar-refractivity contribution in [2.45, 2.75) is 13.2 Å². The van der Waals surface area contributed by atoms with Crippen LogP contribution in [0.4, 0.5) is 17.6 Å². The number of ether oxygens (including phenoxy) is 2. The molecule has 2 rings (SSSR count). The highest BCUT2D eigenvalue weighted by Gasteiger charge is 2.17. The molecule has 0 aliphatic carbocycles. The van der Waals surface area contributed by atoms with E-state index in [0.29, 0.717) is 5.56 Å². The van der Waals surface area contributed by atoms with E-state index in [1.54, 1.807) is 18.2 Å². The van der Waals surface area contributed by atoms with Crippen LogP contribution in [0.2, 0.25) is 10.0 Å². The smallest absolute Gasteiger partial charge is 0.387 e. The lowest BCUT2D eigenvalue weighted by Gasteiger charge is -2.11. The van der Waals surface area contributed by atoms with E-state index in [2.05, 4.69) is 9.47 Å². The van der Waals surface area contributed by atoms with Gasteiger partial charge in [-0.25, -0.2) is 0 Å². The second-order valence-electron chi connectivity index (χ2n) is 4.76. The Labute approximate surface area is 155 Å². The SMILES string of the molecule is O=C(C=Cc1cccc(Cl)c1Cl)c1ccc(OC(F)F)cc1OC(F)F. The number of allylic oxidation sites excluding steroid dienone is 1. The average Bonchev–Trinajstić information content (AvgIpc) is 2.55. The standard InChI is InChI=1S/C17H10Cl2F4O3/c18-12-3-1-2-9(15(12)19)4-7-13(24)11-6-5-10(25-16(20)21)8-14(11)26-17(22)23/h1-8,16-17H. The van der Waals surface area contributed by atoms with Crippen LogP contribution in [0.25, 0.3) is 6.08 Å². The fourth-order valence-corrected chi connectivity index (χ4v) is 2.35. The van der Waals surface area contributed by atoms with Crippen molar-refractivity contribution in [3.05, 3.63) is 63.6 Å². The molecule has 0 aliphatic heterocycles. The molecule has 0 fully saturated rings. The van der Waals surface area contributed by atoms with Crippen molar-refractivity contribution in [1.82, 2.24) is 0 Å². The van der Waals surface area contributed by atoms with Crippen molar-refractivity contribution < 1.29 is 31.8 Å². The number of ketones is 1. The lowest BCUT2D eigenvalue weighted by atomic mass is 10.1. The van der Waals surface area contributed by atoms with E-state index in [4.69, 9.17) is 23.2 Å². The predicted octanol–water partition coefficient (Wildman–Crippen LogP) is 6.09. The quantitative estimate of drug-likeness (QED) is 0.315. The van der Waals surface area contributed by atoms with E-state index >= 15 is 0 Å². The molecule has 2 aromatic rings. The number of benzene rings is 2. The van der Waals surface area contributed by atoms with Crippen LogP contribution in [-0.4, -0.2) is 19.0 Å². The molecule has 0 saturated carbocycles. The highest BCUT2D eigenvalue weighted by molar-refractivity contribution is 6.42. The minimum absolute atomic E-state index is 0.211. The molecular formula is C17H10Cl2F4O3. The van der Waals surface area contributed by atoms with Crippen LogP contribution in [0, 0.1) is 0 Å². The Bertz CT molecular complexity index is 826. The Kier molecular flexibility index (Phi) is 6.88. The molecule has 9 heteroatoms. The number of alkyl halides is 4. The van der Waals surface area contributed by atoms with Crippen LogP contribution in [-0.2, 0) is 0 Å². The summed E-state index contributed by atoms with van der Waals surface area (Å²) in [6.07, 6.45) is 2.41. The molecule has 0 bridgehead atoms. The summed E-state index contributed by atoms with van der Waals surface area (Å²) in [6.45, 7) is -6.41. The molecule has 0 aliphatic rings. The largest absolute Gasteiger partial charge is 0.435 e. The molecule has 0 radical (unpaired) electrons. The van der Waals surface area contributed by atoms with E-state index in [0.717, 1.165) is 24.3 Å². The summed E-state index contributed by atoms with van der Waals surface area (Å²) < 4.78 is 57.9. The van der Waals surface area contributed by atoms with Crippen molar-refractivity contribution in [3.8, 4) is 11.5 Å². The summed E-state index contributed by atoms with van der Waals surface area (Å²) in [6, 6.07) is 7.62. The van der Waals surface area contributed by atoms with Gasteiger partial charge in [0.05, 0.1) is 15.6 Å². The summed E-state index contributed by atoms with van der Waals surface area (Å²) in [5, 5.41) is 0.486. The maximum absolute atomic E-state index is 12.5. The second kappa shape index (κ2) is 8.91. The molecule has 2 aromatic carbocycles. The first-order valence-corrected chi connectivity index (χ1v) is 7.73. The molecule has 3 nitrogen and oxygen atoms in total. The van der Waals surface area contributed by atoms with Crippen LogP contribution >= 0.6 is 23.2 Å². The Morgan fingerprint density at radius 2 is 1.69 bits per heavy atom. The second-order valence-corrected chi connectivity index (χ2v) is 5.54. The molecule has 138 valence electrons. The van der Waals surface area contributed by atoms with E-state index in [1.807, 2.05) is 0 Å². The highest BCUT2D eigenvalue weighted by atomic mass is 35.5. The van der Waals surface area contributed by atoms with Crippen molar-refractivity contribution in [1.29, 1.82) is 0 Å². The zero-order valence-electron chi connectivity index (χ0n) is 12.8. The van der Waals surface area contributed by atoms with E-state index < -0.39 is 30.5 Å². The molecule has 0 aromatic heterocycles. The summed E-state index contributed by atoms with van der Waals surface area (Å²) in [7, 11) is 0. The van der Waals surface area contributed by atoms with Crippen LogP contribution < -0.4 is 9.47 Å². The van der Waals surface area contributed by atoms with E-state index in [9.17, 15) is 22.4 Å². The lowest BCUT2D eigenvalue weighted by Crippen LogP contribution is -2.08. The average molecular weight is 409 g/mol. The lowest BCUT2D eigenvalue weighted by molar-refractivity contribution is -0.0544. The first kappa shape index (κ1) is 20.1. The minimum Gasteiger partial charge on any atom is -0.435 e. The fourth-order valence-electron chi connectivity index (χ4n) is 1.98. The van der Waals surface area contributed by atoms with Gasteiger partial charge in [-0.05, 0) is 35.9 Å². The normalized spacial score (nSPS) is 11.4. The number of carbonyl (C=O) groups is 1. The number of hydrogen-bond donors (Lipinski definition) is 0. The van der Waals surface area contributed by atoms with Crippen LogP contribution in [0.5, 0.6) is 11.5 Å². The molecule has 0 atom stereocenters. The van der Waals surface area contributed by atoms with Crippen LogP contribution in [0.3, 0.4) is 0 Å². The van der Waals surface area contributed by atoms with Gasteiger partial charge < -0.3 is 9.47 Å². The topological polar surface area (TPSA) is 35.5 Å². The Morgan fingerprint density at radius 1 is 1.00 bits per heavy atom. The van der Waals surface area contributed by atoms with Gasteiger partial charge in [0.25, 0.3) is 0 Å². The first-order chi connectivity index (χ1) is 12.3. The van der Waals surface area contributed by atoms with Crippen LogP contribution in [0.1, 0.15) is 15.9 Å². The molecule has 0 amide bonds. The van der Waals surface area contributed by atoms with Gasteiger partial charge in [0, 0.05) is 6.07 Å². The van der Waals surface area contributed by atoms with Crippen molar-refractivity contribution in [2.75, 3.05) is 0 Å². The Hall–Kier alpha value is -2.25. The van der Waals surface area contributed by atoms with Gasteiger partial charge in [-0.15, -0.1) is 0 Å². The molecule has 0 spiro atoms. The van der Waals surface area contributed by atoms with Gasteiger partial charge in [0.2, 0.25) is 0 Å². The summed E-state index contributed by atoms with van der Waals surface area (Å²) >= 11 is 11.8. The molecule has 0 unspecified atom stereocenters. The number of rotatable bonds is 7. The number of halogens is 6. The third-order valence-electron chi connectivity index (χ3n) is 3.06. The first-order valence-electron chi connectivity index (χ1n) is 6.98. The van der Waals surface area contributed by atoms with E-state index in [-0.39, 0.29) is 15.6 Å². The molecule has 26 heavy (non-hydrogen) atoms. The number of hydrogen-bond acceptors (Lipinski definition) is 3. The third-order valence-corrected chi connectivity index (χ3v) is 3.89. The van der Waals surface area contributed by atoms with Gasteiger partial charge in [0.1, 0.15) is 11.5 Å². The zero-order chi connectivity index (χ0) is 19.3. The van der Waals surface area contributed by atoms with E-state index in [1.165, 1.54) is 6.08 Å². The zero-order valence-corrected chi connectivity index (χ0v) is 14.3. The number of carbonyl (C=O) groups excluding carboxylic acids is 1.